The second kappa shape index (κ2) is 58.6. The highest BCUT2D eigenvalue weighted by atomic mass is 16.6. The van der Waals surface area contributed by atoms with Crippen LogP contribution in [0.25, 0.3) is 0 Å². The quantitative estimate of drug-likeness (QED) is 0.0546. The van der Waals surface area contributed by atoms with Crippen molar-refractivity contribution in [2.45, 2.75) is 174 Å². The van der Waals surface area contributed by atoms with Crippen molar-refractivity contribution in [2.75, 3.05) is 145 Å². The Morgan fingerprint density at radius 3 is 0.400 bits per heavy atom. The normalized spacial score (nSPS) is 11.7. The first kappa shape index (κ1) is 59.6. The van der Waals surface area contributed by atoms with Gasteiger partial charge in [-0.2, -0.15) is 0 Å². The summed E-state index contributed by atoms with van der Waals surface area (Å²) in [6.07, 6.45) is 34.2. The maximum atomic E-state index is 5.70. The number of unbranched alkanes of at least 4 members (excludes halogenated alkanes) is 23. The molecule has 0 aliphatic rings. The Balaban J connectivity index is 3.06. The van der Waals surface area contributed by atoms with E-state index in [0.717, 1.165) is 26.1 Å². The van der Waals surface area contributed by atoms with E-state index in [0.29, 0.717) is 132 Å². The molecule has 0 aliphatic carbocycles. The molecule has 0 fully saturated rings. The zero-order valence-electron chi connectivity index (χ0n) is 39.7. The van der Waals surface area contributed by atoms with Crippen LogP contribution in [-0.4, -0.2) is 145 Å². The number of rotatable bonds is 57. The van der Waals surface area contributed by atoms with E-state index in [1.54, 1.807) is 0 Å². The molecule has 0 saturated heterocycles. The molecule has 60 heavy (non-hydrogen) atoms. The molecule has 0 amide bonds. The van der Waals surface area contributed by atoms with Gasteiger partial charge in [-0.3, -0.25) is 0 Å². The van der Waals surface area contributed by atoms with Crippen molar-refractivity contribution in [3.63, 3.8) is 0 Å². The van der Waals surface area contributed by atoms with Gasteiger partial charge in [-0.25, -0.2) is 0 Å². The third-order valence-electron chi connectivity index (χ3n) is 10.3. The van der Waals surface area contributed by atoms with Crippen LogP contribution in [0.5, 0.6) is 0 Å². The summed E-state index contributed by atoms with van der Waals surface area (Å²) in [4.78, 5) is 0. The van der Waals surface area contributed by atoms with Crippen molar-refractivity contribution in [3.8, 4) is 0 Å². The van der Waals surface area contributed by atoms with Gasteiger partial charge in [-0.15, -0.1) is 0 Å². The molecule has 362 valence electrons. The third-order valence-corrected chi connectivity index (χ3v) is 10.3. The molecule has 0 atom stereocenters. The van der Waals surface area contributed by atoms with Gasteiger partial charge in [0.2, 0.25) is 0 Å². The lowest BCUT2D eigenvalue weighted by atomic mass is 10.0. The van der Waals surface area contributed by atoms with Crippen molar-refractivity contribution in [2.24, 2.45) is 0 Å². The fourth-order valence-corrected chi connectivity index (χ4v) is 6.57. The van der Waals surface area contributed by atoms with Crippen molar-refractivity contribution in [1.29, 1.82) is 0 Å². The molecule has 0 N–H and O–H groups in total. The first-order valence-electron chi connectivity index (χ1n) is 25.3. The minimum absolute atomic E-state index is 0.529. The predicted molar refractivity (Wildman–Crippen MR) is 246 cm³/mol. The number of ether oxygens (including phenoxy) is 11. The van der Waals surface area contributed by atoms with Gasteiger partial charge in [0, 0.05) is 13.2 Å². The SMILES string of the molecule is CCCCCCCCCCCCCCCCOCCOCCOCCOCCOCCOCCOCCOCCOCCOCCOCCCCCCCCCCCCC. The Morgan fingerprint density at radius 1 is 0.133 bits per heavy atom. The Morgan fingerprint density at radius 2 is 0.250 bits per heavy atom. The molecular weight excluding hydrogens is 765 g/mol. The van der Waals surface area contributed by atoms with Crippen molar-refractivity contribution < 1.29 is 52.1 Å². The van der Waals surface area contributed by atoms with Gasteiger partial charge in [0.05, 0.1) is 132 Å². The zero-order chi connectivity index (χ0) is 43.0. The summed E-state index contributed by atoms with van der Waals surface area (Å²) < 4.78 is 61.3. The average Bonchev–Trinajstić information content (AvgIpc) is 3.26. The van der Waals surface area contributed by atoms with Crippen LogP contribution in [0.15, 0.2) is 0 Å². The lowest BCUT2D eigenvalue weighted by molar-refractivity contribution is -0.0275. The largest absolute Gasteiger partial charge is 0.379 e. The number of hydrogen-bond donors (Lipinski definition) is 0. The van der Waals surface area contributed by atoms with E-state index in [2.05, 4.69) is 13.8 Å². The first-order chi connectivity index (χ1) is 29.9. The molecule has 0 heterocycles. The molecular formula is C49H100O11. The summed E-state index contributed by atoms with van der Waals surface area (Å²) in [6.45, 7) is 17.5. The molecule has 0 saturated carbocycles. The van der Waals surface area contributed by atoms with Crippen LogP contribution < -0.4 is 0 Å². The summed E-state index contributed by atoms with van der Waals surface area (Å²) in [5, 5.41) is 0. The van der Waals surface area contributed by atoms with E-state index in [1.807, 2.05) is 0 Å². The fraction of sp³-hybridized carbons (Fsp3) is 1.00. The molecule has 0 aromatic rings. The highest BCUT2D eigenvalue weighted by Crippen LogP contribution is 2.13. The third kappa shape index (κ3) is 57.6. The van der Waals surface area contributed by atoms with E-state index in [4.69, 9.17) is 52.1 Å². The molecule has 0 unspecified atom stereocenters. The summed E-state index contributed by atoms with van der Waals surface area (Å²) >= 11 is 0. The van der Waals surface area contributed by atoms with Crippen molar-refractivity contribution in [3.05, 3.63) is 0 Å². The molecule has 0 aliphatic heterocycles. The molecule has 0 spiro atoms. The van der Waals surface area contributed by atoms with E-state index in [9.17, 15) is 0 Å². The Kier molecular flexibility index (Phi) is 58.1. The van der Waals surface area contributed by atoms with Crippen molar-refractivity contribution in [1.82, 2.24) is 0 Å². The van der Waals surface area contributed by atoms with E-state index in [-0.39, 0.29) is 0 Å². The van der Waals surface area contributed by atoms with Gasteiger partial charge in [-0.1, -0.05) is 162 Å². The van der Waals surface area contributed by atoms with Crippen molar-refractivity contribution >= 4 is 0 Å². The highest BCUT2D eigenvalue weighted by molar-refractivity contribution is 4.51. The minimum Gasteiger partial charge on any atom is -0.379 e. The average molecular weight is 865 g/mol. The molecule has 0 bridgehead atoms. The standard InChI is InChI=1S/C49H100O11/c1-3-5-7-9-11-13-15-16-17-19-21-23-25-27-29-51-31-33-53-35-37-55-39-41-57-43-45-59-47-49-60-48-46-58-44-42-56-40-38-54-36-34-52-32-30-50-28-26-24-22-20-18-14-12-10-8-6-4-2/h3-49H2,1-2H3. The topological polar surface area (TPSA) is 102 Å². The van der Waals surface area contributed by atoms with Crippen LogP contribution in [0.1, 0.15) is 174 Å². The monoisotopic (exact) mass is 865 g/mol. The van der Waals surface area contributed by atoms with Gasteiger partial charge in [0.15, 0.2) is 0 Å². The molecule has 11 nitrogen and oxygen atoms in total. The summed E-state index contributed by atoms with van der Waals surface area (Å²) in [5.41, 5.74) is 0. The Hall–Kier alpha value is -0.440. The molecule has 0 rings (SSSR count). The highest BCUT2D eigenvalue weighted by Gasteiger charge is 1.99. The van der Waals surface area contributed by atoms with Crippen LogP contribution in [0.3, 0.4) is 0 Å². The first-order valence-corrected chi connectivity index (χ1v) is 25.3. The van der Waals surface area contributed by atoms with Gasteiger partial charge in [-0.05, 0) is 12.8 Å². The maximum absolute atomic E-state index is 5.70. The predicted octanol–water partition coefficient (Wildman–Crippen LogP) is 11.0. The van der Waals surface area contributed by atoms with Gasteiger partial charge < -0.3 is 52.1 Å². The fourth-order valence-electron chi connectivity index (χ4n) is 6.57. The van der Waals surface area contributed by atoms with Crippen LogP contribution in [0.4, 0.5) is 0 Å². The maximum Gasteiger partial charge on any atom is 0.0701 e. The lowest BCUT2D eigenvalue weighted by Crippen LogP contribution is -2.15. The van der Waals surface area contributed by atoms with E-state index < -0.39 is 0 Å². The smallest absolute Gasteiger partial charge is 0.0701 e. The molecule has 0 radical (unpaired) electrons. The van der Waals surface area contributed by atoms with Gasteiger partial charge in [0.25, 0.3) is 0 Å². The summed E-state index contributed by atoms with van der Waals surface area (Å²) in [5.74, 6) is 0. The minimum atomic E-state index is 0.529. The van der Waals surface area contributed by atoms with Gasteiger partial charge in [0.1, 0.15) is 0 Å². The zero-order valence-corrected chi connectivity index (χ0v) is 39.7. The molecule has 0 aromatic heterocycles. The lowest BCUT2D eigenvalue weighted by Gasteiger charge is -2.09. The van der Waals surface area contributed by atoms with Crippen LogP contribution >= 0.6 is 0 Å². The van der Waals surface area contributed by atoms with Gasteiger partial charge >= 0.3 is 0 Å². The molecule has 0 aromatic carbocycles. The van der Waals surface area contributed by atoms with Crippen LogP contribution in [-0.2, 0) is 52.1 Å². The summed E-state index contributed by atoms with van der Waals surface area (Å²) in [6, 6.07) is 0. The Labute approximate surface area is 371 Å². The van der Waals surface area contributed by atoms with E-state index >= 15 is 0 Å². The summed E-state index contributed by atoms with van der Waals surface area (Å²) in [7, 11) is 0. The second-order valence-electron chi connectivity index (χ2n) is 15.9. The number of hydrogen-bond acceptors (Lipinski definition) is 11. The second-order valence-corrected chi connectivity index (χ2v) is 15.9. The molecule has 11 heteroatoms. The van der Waals surface area contributed by atoms with Crippen LogP contribution in [0, 0.1) is 0 Å². The van der Waals surface area contributed by atoms with E-state index in [1.165, 1.54) is 148 Å². The Bertz CT molecular complexity index is 663. The van der Waals surface area contributed by atoms with Crippen LogP contribution in [0.2, 0.25) is 0 Å².